The number of rotatable bonds is 7. The second-order valence-electron chi connectivity index (χ2n) is 7.68. The Morgan fingerprint density at radius 2 is 1.93 bits per heavy atom. The summed E-state index contributed by atoms with van der Waals surface area (Å²) < 4.78 is 5.42. The van der Waals surface area contributed by atoms with Crippen LogP contribution in [0.1, 0.15) is 45.6 Å². The van der Waals surface area contributed by atoms with Crippen molar-refractivity contribution in [3.05, 3.63) is 58.4 Å². The number of thioether (sulfide) groups is 1. The SMILES string of the molecule is CC(C)CCC[C@@H](C)N=C(N)SCc1cc(=O)oc2ccc3ccccc3c12. The fraction of sp³-hybridized carbons (Fsp3) is 0.391. The van der Waals surface area contributed by atoms with Gasteiger partial charge in [0.25, 0.3) is 0 Å². The largest absolute Gasteiger partial charge is 0.423 e. The molecule has 0 fully saturated rings. The van der Waals surface area contributed by atoms with Crippen molar-refractivity contribution >= 4 is 38.7 Å². The number of fused-ring (bicyclic) bond motifs is 3. The molecule has 28 heavy (non-hydrogen) atoms. The van der Waals surface area contributed by atoms with Crippen LogP contribution in [-0.4, -0.2) is 11.2 Å². The second-order valence-corrected chi connectivity index (χ2v) is 8.68. The van der Waals surface area contributed by atoms with Crippen LogP contribution in [0.25, 0.3) is 21.7 Å². The van der Waals surface area contributed by atoms with Gasteiger partial charge in [0.1, 0.15) is 5.58 Å². The average Bonchev–Trinajstić information content (AvgIpc) is 2.65. The molecule has 4 nitrogen and oxygen atoms in total. The Hall–Kier alpha value is -2.27. The number of benzene rings is 2. The van der Waals surface area contributed by atoms with Crippen LogP contribution in [0.2, 0.25) is 0 Å². The minimum atomic E-state index is -0.337. The minimum Gasteiger partial charge on any atom is -0.423 e. The van der Waals surface area contributed by atoms with Gasteiger partial charge in [-0.2, -0.15) is 0 Å². The molecule has 0 aliphatic rings. The third kappa shape index (κ3) is 5.16. The molecule has 0 bridgehead atoms. The van der Waals surface area contributed by atoms with E-state index in [1.165, 1.54) is 18.2 Å². The van der Waals surface area contributed by atoms with Crippen LogP contribution in [0.5, 0.6) is 0 Å². The molecule has 1 atom stereocenters. The highest BCUT2D eigenvalue weighted by Crippen LogP contribution is 2.29. The minimum absolute atomic E-state index is 0.213. The van der Waals surface area contributed by atoms with Crippen LogP contribution in [0.3, 0.4) is 0 Å². The number of hydrogen-bond acceptors (Lipinski definition) is 4. The molecule has 1 aromatic heterocycles. The van der Waals surface area contributed by atoms with Gasteiger partial charge in [0.15, 0.2) is 5.17 Å². The van der Waals surface area contributed by atoms with Crippen molar-refractivity contribution in [3.8, 4) is 0 Å². The van der Waals surface area contributed by atoms with Crippen molar-refractivity contribution in [2.75, 3.05) is 0 Å². The molecule has 0 saturated heterocycles. The Morgan fingerprint density at radius 1 is 1.14 bits per heavy atom. The van der Waals surface area contributed by atoms with E-state index in [1.807, 2.05) is 24.3 Å². The van der Waals surface area contributed by atoms with E-state index >= 15 is 0 Å². The highest BCUT2D eigenvalue weighted by Gasteiger charge is 2.11. The predicted molar refractivity (Wildman–Crippen MR) is 121 cm³/mol. The van der Waals surface area contributed by atoms with E-state index in [-0.39, 0.29) is 11.7 Å². The Balaban J connectivity index is 1.79. The lowest BCUT2D eigenvalue weighted by atomic mass is 10.0. The van der Waals surface area contributed by atoms with Gasteiger partial charge in [-0.3, -0.25) is 4.99 Å². The first-order valence-corrected chi connectivity index (χ1v) is 10.8. The van der Waals surface area contributed by atoms with Crippen LogP contribution in [0.15, 0.2) is 56.7 Å². The van der Waals surface area contributed by atoms with Crippen molar-refractivity contribution in [1.29, 1.82) is 0 Å². The molecule has 0 spiro atoms. The van der Waals surface area contributed by atoms with E-state index < -0.39 is 0 Å². The summed E-state index contributed by atoms with van der Waals surface area (Å²) in [7, 11) is 0. The molecule has 148 valence electrons. The lowest BCUT2D eigenvalue weighted by molar-refractivity contribution is 0.512. The van der Waals surface area contributed by atoms with Crippen LogP contribution in [-0.2, 0) is 5.75 Å². The molecule has 3 rings (SSSR count). The number of amidine groups is 1. The summed E-state index contributed by atoms with van der Waals surface area (Å²) in [6.45, 7) is 6.58. The summed E-state index contributed by atoms with van der Waals surface area (Å²) >= 11 is 1.48. The quantitative estimate of drug-likeness (QED) is 0.240. The van der Waals surface area contributed by atoms with Crippen LogP contribution in [0.4, 0.5) is 0 Å². The molecule has 2 aromatic carbocycles. The fourth-order valence-corrected chi connectivity index (χ4v) is 4.21. The Bertz CT molecular complexity index is 1040. The van der Waals surface area contributed by atoms with Gasteiger partial charge in [-0.05, 0) is 41.7 Å². The predicted octanol–water partition coefficient (Wildman–Crippen LogP) is 5.71. The summed E-state index contributed by atoms with van der Waals surface area (Å²) in [4.78, 5) is 16.6. The average molecular weight is 397 g/mol. The first-order valence-electron chi connectivity index (χ1n) is 9.84. The number of aliphatic imine (C=N–C) groups is 1. The van der Waals surface area contributed by atoms with Crippen molar-refractivity contribution in [2.45, 2.75) is 51.8 Å². The van der Waals surface area contributed by atoms with Crippen LogP contribution in [0, 0.1) is 5.92 Å². The molecule has 0 radical (unpaired) electrons. The Kier molecular flexibility index (Phi) is 6.79. The van der Waals surface area contributed by atoms with Crippen molar-refractivity contribution < 1.29 is 4.42 Å². The zero-order chi connectivity index (χ0) is 20.1. The van der Waals surface area contributed by atoms with Gasteiger partial charge in [-0.25, -0.2) is 4.79 Å². The lowest BCUT2D eigenvalue weighted by Crippen LogP contribution is -2.12. The van der Waals surface area contributed by atoms with E-state index in [9.17, 15) is 4.79 Å². The zero-order valence-electron chi connectivity index (χ0n) is 16.8. The van der Waals surface area contributed by atoms with E-state index in [4.69, 9.17) is 10.2 Å². The van der Waals surface area contributed by atoms with E-state index in [0.717, 1.165) is 40.5 Å². The zero-order valence-corrected chi connectivity index (χ0v) is 17.6. The molecule has 5 heteroatoms. The topological polar surface area (TPSA) is 68.6 Å². The first-order chi connectivity index (χ1) is 13.4. The highest BCUT2D eigenvalue weighted by atomic mass is 32.2. The van der Waals surface area contributed by atoms with Gasteiger partial charge in [0.2, 0.25) is 0 Å². The maximum Gasteiger partial charge on any atom is 0.336 e. The van der Waals surface area contributed by atoms with Crippen LogP contribution >= 0.6 is 11.8 Å². The second kappa shape index (κ2) is 9.28. The molecule has 3 aromatic rings. The molecule has 0 amide bonds. The van der Waals surface area contributed by atoms with Gasteiger partial charge < -0.3 is 10.2 Å². The molecule has 0 saturated carbocycles. The van der Waals surface area contributed by atoms with Crippen LogP contribution < -0.4 is 11.4 Å². The summed E-state index contributed by atoms with van der Waals surface area (Å²) in [6.07, 6.45) is 3.42. The van der Waals surface area contributed by atoms with Crippen molar-refractivity contribution in [3.63, 3.8) is 0 Å². The smallest absolute Gasteiger partial charge is 0.336 e. The maximum atomic E-state index is 12.0. The molecule has 1 heterocycles. The van der Waals surface area contributed by atoms with Gasteiger partial charge in [0, 0.05) is 23.2 Å². The third-order valence-corrected chi connectivity index (χ3v) is 5.70. The lowest BCUT2D eigenvalue weighted by Gasteiger charge is -2.11. The normalized spacial score (nSPS) is 13.5. The van der Waals surface area contributed by atoms with E-state index in [2.05, 4.69) is 37.9 Å². The molecular formula is C23H28N2O2S. The van der Waals surface area contributed by atoms with Crippen molar-refractivity contribution in [2.24, 2.45) is 16.6 Å². The molecular weight excluding hydrogens is 368 g/mol. The van der Waals surface area contributed by atoms with Crippen molar-refractivity contribution in [1.82, 2.24) is 0 Å². The molecule has 0 unspecified atom stereocenters. The Morgan fingerprint density at radius 3 is 2.71 bits per heavy atom. The molecule has 0 aliphatic carbocycles. The number of hydrogen-bond donors (Lipinski definition) is 1. The van der Waals surface area contributed by atoms with E-state index in [1.54, 1.807) is 6.07 Å². The fourth-order valence-electron chi connectivity index (χ4n) is 3.43. The number of nitrogens with two attached hydrogens (primary N) is 1. The summed E-state index contributed by atoms with van der Waals surface area (Å²) in [6, 6.07) is 13.7. The van der Waals surface area contributed by atoms with Gasteiger partial charge in [-0.15, -0.1) is 0 Å². The summed E-state index contributed by atoms with van der Waals surface area (Å²) in [5.74, 6) is 1.31. The first kappa shape index (κ1) is 20.5. The monoisotopic (exact) mass is 396 g/mol. The van der Waals surface area contributed by atoms with Gasteiger partial charge in [0.05, 0.1) is 0 Å². The number of nitrogens with zero attached hydrogens (tertiary/aromatic N) is 1. The highest BCUT2D eigenvalue weighted by molar-refractivity contribution is 8.13. The molecule has 2 N–H and O–H groups in total. The maximum absolute atomic E-state index is 12.0. The van der Waals surface area contributed by atoms with Gasteiger partial charge in [-0.1, -0.05) is 68.8 Å². The van der Waals surface area contributed by atoms with Gasteiger partial charge >= 0.3 is 5.63 Å². The summed E-state index contributed by atoms with van der Waals surface area (Å²) in [5, 5.41) is 3.74. The Labute approximate surface area is 170 Å². The summed E-state index contributed by atoms with van der Waals surface area (Å²) in [5.41, 5.74) is 7.36. The third-order valence-electron chi connectivity index (χ3n) is 4.84. The standard InChI is InChI=1S/C23H28N2O2S/c1-15(2)7-6-8-16(3)25-23(24)28-14-18-13-21(26)27-20-12-11-17-9-4-5-10-19(17)22(18)20/h4-5,9-13,15-16H,6-8,14H2,1-3H3,(H2,24,25)/t16-/m1/s1. The molecule has 0 aliphatic heterocycles. The van der Waals surface area contributed by atoms with E-state index in [0.29, 0.717) is 16.5 Å².